The van der Waals surface area contributed by atoms with Crippen LogP contribution in [0.1, 0.15) is 24.1 Å². The van der Waals surface area contributed by atoms with E-state index in [1.807, 2.05) is 19.1 Å². The number of amides is 1. The van der Waals surface area contributed by atoms with Gasteiger partial charge in [0.2, 0.25) is 0 Å². The maximum Gasteiger partial charge on any atom is 0.279 e. The van der Waals surface area contributed by atoms with E-state index >= 15 is 0 Å². The minimum absolute atomic E-state index is 0.0637. The van der Waals surface area contributed by atoms with Gasteiger partial charge in [-0.15, -0.1) is 0 Å². The van der Waals surface area contributed by atoms with Gasteiger partial charge in [0.1, 0.15) is 17.7 Å². The maximum atomic E-state index is 14.7. The number of benzene rings is 1. The minimum Gasteiger partial charge on any atom is -0.344 e. The zero-order chi connectivity index (χ0) is 22.0. The molecule has 1 aromatic heterocycles. The first-order valence-electron chi connectivity index (χ1n) is 10.0. The van der Waals surface area contributed by atoms with Gasteiger partial charge < -0.3 is 15.2 Å². The van der Waals surface area contributed by atoms with E-state index in [9.17, 15) is 9.18 Å². The Hall–Kier alpha value is -3.10. The molecule has 0 spiro atoms. The summed E-state index contributed by atoms with van der Waals surface area (Å²) in [7, 11) is 0. The number of imidazole rings is 1. The normalized spacial score (nSPS) is 23.6. The van der Waals surface area contributed by atoms with Crippen molar-refractivity contribution in [2.24, 2.45) is 11.0 Å². The van der Waals surface area contributed by atoms with Crippen LogP contribution in [0.15, 0.2) is 65.3 Å². The van der Waals surface area contributed by atoms with E-state index in [4.69, 9.17) is 17.1 Å². The molecule has 9 heteroatoms. The average Bonchev–Trinajstić information content (AvgIpc) is 3.11. The fourth-order valence-electron chi connectivity index (χ4n) is 3.91. The van der Waals surface area contributed by atoms with Crippen molar-refractivity contribution in [2.75, 3.05) is 0 Å². The topological polar surface area (TPSA) is 99.7 Å². The van der Waals surface area contributed by atoms with Crippen LogP contribution in [0.2, 0.25) is 0 Å². The molecule has 1 aliphatic heterocycles. The summed E-state index contributed by atoms with van der Waals surface area (Å²) in [5, 5.41) is 9.00. The molecule has 0 bridgehead atoms. The highest BCUT2D eigenvalue weighted by molar-refractivity contribution is 6.31. The summed E-state index contributed by atoms with van der Waals surface area (Å²) in [5.74, 6) is -0.366. The quantitative estimate of drug-likeness (QED) is 0.621. The minimum atomic E-state index is -0.448. The third-order valence-corrected chi connectivity index (χ3v) is 5.85. The van der Waals surface area contributed by atoms with Gasteiger partial charge in [-0.2, -0.15) is 5.11 Å². The number of nitrogens with one attached hydrogen (secondary N) is 2. The summed E-state index contributed by atoms with van der Waals surface area (Å²) in [6.07, 6.45) is 12.0. The molecule has 0 radical (unpaired) electrons. The molecule has 1 saturated heterocycles. The number of allylic oxidation sites excluding steroid dienone is 2. The molecule has 1 aromatic carbocycles. The zero-order valence-electron chi connectivity index (χ0n) is 16.9. The van der Waals surface area contributed by atoms with Crippen molar-refractivity contribution in [3.63, 3.8) is 0 Å². The van der Waals surface area contributed by atoms with Crippen LogP contribution in [-0.2, 0) is 4.79 Å². The summed E-state index contributed by atoms with van der Waals surface area (Å²) in [4.78, 5) is 16.8. The van der Waals surface area contributed by atoms with Crippen LogP contribution in [0.3, 0.4) is 0 Å². The van der Waals surface area contributed by atoms with E-state index in [0.29, 0.717) is 22.7 Å². The van der Waals surface area contributed by atoms with Gasteiger partial charge in [0.25, 0.3) is 5.91 Å². The summed E-state index contributed by atoms with van der Waals surface area (Å²) < 4.78 is 16.3. The second kappa shape index (κ2) is 8.95. The number of nitrogens with zero attached hydrogens (tertiary/aromatic N) is 3. The second-order valence-corrected chi connectivity index (χ2v) is 8.17. The van der Waals surface area contributed by atoms with Crippen molar-refractivity contribution < 1.29 is 14.5 Å². The van der Waals surface area contributed by atoms with E-state index in [1.165, 1.54) is 6.07 Å². The number of quaternary nitrogens is 1. The molecule has 2 aliphatic rings. The Morgan fingerprint density at radius 1 is 1.45 bits per heavy atom. The van der Waals surface area contributed by atoms with E-state index in [-0.39, 0.29) is 29.6 Å². The Balaban J connectivity index is 1.50. The molecule has 2 aromatic rings. The standard InChI is InChI=1S/C22H22ClFN6O/c1-13-11-30(12-27-13)21-7-3-15(9-17(21)24)20(29-25)10-26-19-5-2-14-8-16(23)4-6-18(14)28-22(19)31/h3-4,6-12,14,18-19,25-26H,2,5H2,1H3,(H,28,31)/p+1/b20-10-,29-25?. The van der Waals surface area contributed by atoms with Crippen LogP contribution in [0, 0.1) is 24.2 Å². The van der Waals surface area contributed by atoms with E-state index in [0.717, 1.165) is 12.1 Å². The predicted molar refractivity (Wildman–Crippen MR) is 115 cm³/mol. The molecular formula is C22H23ClFN6O+. The van der Waals surface area contributed by atoms with Crippen molar-refractivity contribution in [3.05, 3.63) is 77.3 Å². The molecule has 4 rings (SSSR count). The van der Waals surface area contributed by atoms with Crippen LogP contribution in [0.4, 0.5) is 4.39 Å². The van der Waals surface area contributed by atoms with Gasteiger partial charge in [-0.05, 0) is 31.6 Å². The van der Waals surface area contributed by atoms with Crippen LogP contribution in [-0.4, -0.2) is 27.5 Å². The fourth-order valence-corrected chi connectivity index (χ4v) is 4.15. The molecule has 3 atom stereocenters. The van der Waals surface area contributed by atoms with Crippen molar-refractivity contribution in [1.82, 2.24) is 14.9 Å². The lowest BCUT2D eigenvalue weighted by Gasteiger charge is -2.22. The summed E-state index contributed by atoms with van der Waals surface area (Å²) >= 11 is 6.09. The largest absolute Gasteiger partial charge is 0.344 e. The number of carbonyl (C=O) groups is 1. The third kappa shape index (κ3) is 4.65. The highest BCUT2D eigenvalue weighted by Crippen LogP contribution is 2.26. The van der Waals surface area contributed by atoms with Crippen LogP contribution in [0.5, 0.6) is 0 Å². The second-order valence-electron chi connectivity index (χ2n) is 7.74. The first kappa shape index (κ1) is 21.1. The number of carbonyl (C=O) groups excluding carboxylic acids is 1. The van der Waals surface area contributed by atoms with Crippen molar-refractivity contribution in [3.8, 4) is 5.69 Å². The molecule has 1 fully saturated rings. The molecule has 0 saturated carbocycles. The van der Waals surface area contributed by atoms with Gasteiger partial charge in [0, 0.05) is 29.1 Å². The number of fused-ring (bicyclic) bond motifs is 1. The maximum absolute atomic E-state index is 14.7. The Morgan fingerprint density at radius 3 is 3.00 bits per heavy atom. The van der Waals surface area contributed by atoms with Crippen LogP contribution >= 0.6 is 11.6 Å². The van der Waals surface area contributed by atoms with Gasteiger partial charge in [-0.3, -0.25) is 4.79 Å². The van der Waals surface area contributed by atoms with Gasteiger partial charge in [0.15, 0.2) is 6.04 Å². The molecule has 2 heterocycles. The first-order valence-corrected chi connectivity index (χ1v) is 10.4. The fraction of sp³-hybridized carbons (Fsp3) is 0.273. The Labute approximate surface area is 184 Å². The Kier molecular flexibility index (Phi) is 6.11. The smallest absolute Gasteiger partial charge is 0.279 e. The van der Waals surface area contributed by atoms with Gasteiger partial charge in [0.05, 0.1) is 23.8 Å². The first-order chi connectivity index (χ1) is 14.9. The average molecular weight is 442 g/mol. The summed E-state index contributed by atoms with van der Waals surface area (Å²) in [6, 6.07) is 4.23. The third-order valence-electron chi connectivity index (χ3n) is 5.59. The number of aromatic nitrogens is 2. The molecule has 1 aliphatic carbocycles. The number of hydrogen-bond donors (Lipinski definition) is 3. The highest BCUT2D eigenvalue weighted by Gasteiger charge is 2.32. The van der Waals surface area contributed by atoms with Gasteiger partial charge in [-0.1, -0.05) is 29.8 Å². The van der Waals surface area contributed by atoms with Crippen molar-refractivity contribution >= 4 is 23.2 Å². The molecule has 160 valence electrons. The highest BCUT2D eigenvalue weighted by atomic mass is 35.5. The number of halogens is 2. The molecule has 7 nitrogen and oxygen atoms in total. The van der Waals surface area contributed by atoms with Gasteiger partial charge in [-0.25, -0.2) is 14.9 Å². The van der Waals surface area contributed by atoms with Crippen molar-refractivity contribution in [2.45, 2.75) is 31.8 Å². The Morgan fingerprint density at radius 2 is 2.29 bits per heavy atom. The lowest BCUT2D eigenvalue weighted by Crippen LogP contribution is -2.87. The predicted octanol–water partition coefficient (Wildman–Crippen LogP) is 3.17. The number of aryl methyl sites for hydroxylation is 1. The molecule has 4 N–H and O–H groups in total. The molecular weight excluding hydrogens is 419 g/mol. The molecule has 3 unspecified atom stereocenters. The summed E-state index contributed by atoms with van der Waals surface area (Å²) in [5.41, 5.74) is 9.42. The van der Waals surface area contributed by atoms with Crippen LogP contribution < -0.4 is 10.6 Å². The number of nitrogens with two attached hydrogens (primary N) is 1. The zero-order valence-corrected chi connectivity index (χ0v) is 17.7. The number of hydrogen-bond acceptors (Lipinski definition) is 4. The molecule has 1 amide bonds. The SMILES string of the molecule is Cc1cn(-c2ccc(/C(=C/[NH2+]C3CCC4C=C(Cl)C=CC4NC3=O)N=N)cc2F)cn1. The van der Waals surface area contributed by atoms with Gasteiger partial charge >= 0.3 is 0 Å². The molecule has 31 heavy (non-hydrogen) atoms. The van der Waals surface area contributed by atoms with Crippen molar-refractivity contribution in [1.29, 1.82) is 5.53 Å². The summed E-state index contributed by atoms with van der Waals surface area (Å²) in [6.45, 7) is 1.83. The van der Waals surface area contributed by atoms with E-state index < -0.39 is 5.82 Å². The Bertz CT molecular complexity index is 1110. The van der Waals surface area contributed by atoms with E-state index in [1.54, 1.807) is 46.8 Å². The monoisotopic (exact) mass is 441 g/mol. The van der Waals surface area contributed by atoms with Crippen LogP contribution in [0.25, 0.3) is 11.4 Å². The lowest BCUT2D eigenvalue weighted by molar-refractivity contribution is -0.612. The number of rotatable bonds is 5. The lowest BCUT2D eigenvalue weighted by atomic mass is 9.91. The van der Waals surface area contributed by atoms with E-state index in [2.05, 4.69) is 15.4 Å².